The standard InChI is InChI=1S/C12H24N2OS/c1-10-5-8-14(9-6-10)12(15)13-7-4-11(2)16-3/h10-11H,4-9H2,1-3H3,(H,13,15). The Labute approximate surface area is 103 Å². The fraction of sp³-hybridized carbons (Fsp3) is 0.917. The summed E-state index contributed by atoms with van der Waals surface area (Å²) >= 11 is 1.85. The van der Waals surface area contributed by atoms with Crippen LogP contribution in [0.2, 0.25) is 0 Å². The van der Waals surface area contributed by atoms with E-state index in [1.54, 1.807) is 0 Å². The number of piperidine rings is 1. The van der Waals surface area contributed by atoms with Crippen LogP contribution < -0.4 is 5.32 Å². The first-order valence-electron chi connectivity index (χ1n) is 6.19. The Morgan fingerprint density at radius 1 is 1.50 bits per heavy atom. The minimum Gasteiger partial charge on any atom is -0.338 e. The quantitative estimate of drug-likeness (QED) is 0.824. The zero-order valence-electron chi connectivity index (χ0n) is 10.7. The fourth-order valence-corrected chi connectivity index (χ4v) is 2.18. The predicted molar refractivity (Wildman–Crippen MR) is 71.0 cm³/mol. The number of carbonyl (C=O) groups excluding carboxylic acids is 1. The molecular weight excluding hydrogens is 220 g/mol. The maximum Gasteiger partial charge on any atom is 0.317 e. The topological polar surface area (TPSA) is 32.3 Å². The van der Waals surface area contributed by atoms with E-state index in [1.165, 1.54) is 0 Å². The summed E-state index contributed by atoms with van der Waals surface area (Å²) in [6.07, 6.45) is 5.46. The lowest BCUT2D eigenvalue weighted by Gasteiger charge is -2.30. The molecule has 1 saturated heterocycles. The third-order valence-electron chi connectivity index (χ3n) is 3.30. The first-order valence-corrected chi connectivity index (χ1v) is 7.48. The van der Waals surface area contributed by atoms with Crippen LogP contribution in [0.4, 0.5) is 4.79 Å². The van der Waals surface area contributed by atoms with Crippen molar-refractivity contribution >= 4 is 17.8 Å². The highest BCUT2D eigenvalue weighted by Gasteiger charge is 2.19. The summed E-state index contributed by atoms with van der Waals surface area (Å²) < 4.78 is 0. The van der Waals surface area contributed by atoms with E-state index < -0.39 is 0 Å². The zero-order chi connectivity index (χ0) is 12.0. The van der Waals surface area contributed by atoms with Gasteiger partial charge in [-0.1, -0.05) is 13.8 Å². The minimum absolute atomic E-state index is 0.125. The molecule has 16 heavy (non-hydrogen) atoms. The summed E-state index contributed by atoms with van der Waals surface area (Å²) in [6.45, 7) is 7.10. The molecule has 0 saturated carbocycles. The van der Waals surface area contributed by atoms with Gasteiger partial charge in [-0.3, -0.25) is 0 Å². The van der Waals surface area contributed by atoms with Crippen LogP contribution in [0.1, 0.15) is 33.1 Å². The molecule has 0 radical (unpaired) electrons. The van der Waals surface area contributed by atoms with Crippen LogP contribution in [-0.4, -0.2) is 42.1 Å². The molecule has 2 amide bonds. The van der Waals surface area contributed by atoms with E-state index in [4.69, 9.17) is 0 Å². The van der Waals surface area contributed by atoms with Gasteiger partial charge >= 0.3 is 6.03 Å². The lowest BCUT2D eigenvalue weighted by atomic mass is 10.00. The Bertz CT molecular complexity index is 215. The van der Waals surface area contributed by atoms with Crippen LogP contribution in [-0.2, 0) is 0 Å². The molecule has 1 aliphatic heterocycles. The minimum atomic E-state index is 0.125. The van der Waals surface area contributed by atoms with Gasteiger partial charge in [0.05, 0.1) is 0 Å². The number of thioether (sulfide) groups is 1. The predicted octanol–water partition coefficient (Wildman–Crippen LogP) is 2.57. The van der Waals surface area contributed by atoms with E-state index in [0.29, 0.717) is 5.25 Å². The monoisotopic (exact) mass is 244 g/mol. The second-order valence-corrected chi connectivity index (χ2v) is 6.01. The largest absolute Gasteiger partial charge is 0.338 e. The van der Waals surface area contributed by atoms with Gasteiger partial charge in [0.1, 0.15) is 0 Å². The molecule has 1 heterocycles. The number of nitrogens with one attached hydrogen (secondary N) is 1. The van der Waals surface area contributed by atoms with Crippen molar-refractivity contribution < 1.29 is 4.79 Å². The van der Waals surface area contributed by atoms with Crippen molar-refractivity contribution in [1.82, 2.24) is 10.2 Å². The van der Waals surface area contributed by atoms with Gasteiger partial charge in [-0.2, -0.15) is 11.8 Å². The first kappa shape index (κ1) is 13.7. The van der Waals surface area contributed by atoms with Gasteiger partial charge in [0, 0.05) is 24.9 Å². The number of urea groups is 1. The number of carbonyl (C=O) groups is 1. The number of likely N-dealkylation sites (tertiary alicyclic amines) is 1. The van der Waals surface area contributed by atoms with Crippen LogP contribution in [0, 0.1) is 5.92 Å². The van der Waals surface area contributed by atoms with E-state index in [2.05, 4.69) is 25.4 Å². The van der Waals surface area contributed by atoms with Crippen molar-refractivity contribution in [3.63, 3.8) is 0 Å². The number of rotatable bonds is 4. The Morgan fingerprint density at radius 3 is 2.69 bits per heavy atom. The molecule has 4 heteroatoms. The number of hydrogen-bond donors (Lipinski definition) is 1. The van der Waals surface area contributed by atoms with Crippen molar-refractivity contribution in [2.45, 2.75) is 38.4 Å². The summed E-state index contributed by atoms with van der Waals surface area (Å²) in [5.41, 5.74) is 0. The van der Waals surface area contributed by atoms with Crippen molar-refractivity contribution in [2.75, 3.05) is 25.9 Å². The van der Waals surface area contributed by atoms with Gasteiger partial charge in [0.2, 0.25) is 0 Å². The van der Waals surface area contributed by atoms with E-state index >= 15 is 0 Å². The van der Waals surface area contributed by atoms with Crippen LogP contribution in [0.5, 0.6) is 0 Å². The third-order valence-corrected chi connectivity index (χ3v) is 4.34. The number of nitrogens with zero attached hydrogens (tertiary/aromatic N) is 1. The molecule has 0 aromatic carbocycles. The molecule has 1 N–H and O–H groups in total. The van der Waals surface area contributed by atoms with Crippen LogP contribution in [0.15, 0.2) is 0 Å². The van der Waals surface area contributed by atoms with E-state index in [-0.39, 0.29) is 6.03 Å². The zero-order valence-corrected chi connectivity index (χ0v) is 11.5. The summed E-state index contributed by atoms with van der Waals surface area (Å²) in [7, 11) is 0. The number of amides is 2. The molecule has 1 aliphatic rings. The van der Waals surface area contributed by atoms with Crippen molar-refractivity contribution in [1.29, 1.82) is 0 Å². The maximum absolute atomic E-state index is 11.8. The molecule has 1 rings (SSSR count). The molecule has 3 nitrogen and oxygen atoms in total. The summed E-state index contributed by atoms with van der Waals surface area (Å²) in [6, 6.07) is 0.125. The average Bonchev–Trinajstić information content (AvgIpc) is 2.29. The Hall–Kier alpha value is -0.380. The average molecular weight is 244 g/mol. The maximum atomic E-state index is 11.8. The Balaban J connectivity index is 2.15. The second kappa shape index (κ2) is 7.05. The van der Waals surface area contributed by atoms with Gasteiger partial charge in [0.25, 0.3) is 0 Å². The Morgan fingerprint density at radius 2 is 2.12 bits per heavy atom. The van der Waals surface area contributed by atoms with Gasteiger partial charge in [-0.05, 0) is 31.4 Å². The third kappa shape index (κ3) is 4.64. The molecule has 1 unspecified atom stereocenters. The molecule has 1 fully saturated rings. The van der Waals surface area contributed by atoms with Crippen LogP contribution in [0.25, 0.3) is 0 Å². The SMILES string of the molecule is CSC(C)CCNC(=O)N1CCC(C)CC1. The molecule has 0 aromatic heterocycles. The van der Waals surface area contributed by atoms with Crippen LogP contribution >= 0.6 is 11.8 Å². The highest BCUT2D eigenvalue weighted by atomic mass is 32.2. The highest BCUT2D eigenvalue weighted by molar-refractivity contribution is 7.99. The lowest BCUT2D eigenvalue weighted by molar-refractivity contribution is 0.174. The molecular formula is C12H24N2OS. The van der Waals surface area contributed by atoms with Crippen molar-refractivity contribution in [3.8, 4) is 0 Å². The molecule has 0 aromatic rings. The summed E-state index contributed by atoms with van der Waals surface area (Å²) in [4.78, 5) is 13.7. The van der Waals surface area contributed by atoms with Gasteiger partial charge in [0.15, 0.2) is 0 Å². The summed E-state index contributed by atoms with van der Waals surface area (Å²) in [5, 5.41) is 3.63. The van der Waals surface area contributed by atoms with Gasteiger partial charge in [-0.25, -0.2) is 4.79 Å². The van der Waals surface area contributed by atoms with E-state index in [9.17, 15) is 4.79 Å². The molecule has 0 spiro atoms. The van der Waals surface area contributed by atoms with Gasteiger partial charge < -0.3 is 10.2 Å². The number of hydrogen-bond acceptors (Lipinski definition) is 2. The lowest BCUT2D eigenvalue weighted by Crippen LogP contribution is -2.44. The Kier molecular flexibility index (Phi) is 6.03. The van der Waals surface area contributed by atoms with E-state index in [0.717, 1.165) is 44.8 Å². The van der Waals surface area contributed by atoms with E-state index in [1.807, 2.05) is 16.7 Å². The van der Waals surface area contributed by atoms with Crippen LogP contribution in [0.3, 0.4) is 0 Å². The highest BCUT2D eigenvalue weighted by Crippen LogP contribution is 2.15. The molecule has 1 atom stereocenters. The second-order valence-electron chi connectivity index (χ2n) is 4.74. The van der Waals surface area contributed by atoms with Gasteiger partial charge in [-0.15, -0.1) is 0 Å². The summed E-state index contributed by atoms with van der Waals surface area (Å²) in [5.74, 6) is 0.778. The fourth-order valence-electron chi connectivity index (χ4n) is 1.82. The normalized spacial score (nSPS) is 19.6. The first-order chi connectivity index (χ1) is 7.63. The molecule has 0 aliphatic carbocycles. The molecule has 94 valence electrons. The molecule has 0 bridgehead atoms. The smallest absolute Gasteiger partial charge is 0.317 e. The van der Waals surface area contributed by atoms with Crippen molar-refractivity contribution in [3.05, 3.63) is 0 Å². The van der Waals surface area contributed by atoms with Crippen molar-refractivity contribution in [2.24, 2.45) is 5.92 Å².